The van der Waals surface area contributed by atoms with Crippen LogP contribution in [0.15, 0.2) is 29.8 Å². The van der Waals surface area contributed by atoms with Crippen molar-refractivity contribution in [1.82, 2.24) is 9.80 Å². The summed E-state index contributed by atoms with van der Waals surface area (Å²) < 4.78 is 13.0. The number of halogens is 1. The van der Waals surface area contributed by atoms with Gasteiger partial charge in [-0.1, -0.05) is 19.1 Å². The van der Waals surface area contributed by atoms with E-state index in [2.05, 4.69) is 6.92 Å². The van der Waals surface area contributed by atoms with Crippen LogP contribution in [0.2, 0.25) is 0 Å². The number of nitrogens with zero attached hydrogens (tertiary/aromatic N) is 2. The topological polar surface area (TPSA) is 57.7 Å². The van der Waals surface area contributed by atoms with E-state index in [4.69, 9.17) is 0 Å². The van der Waals surface area contributed by atoms with Crippen molar-refractivity contribution in [3.8, 4) is 0 Å². The van der Waals surface area contributed by atoms with Gasteiger partial charge in [-0.25, -0.2) is 4.39 Å². The fourth-order valence-corrected chi connectivity index (χ4v) is 3.15. The average Bonchev–Trinajstić information content (AvgIpc) is 2.85. The Balaban J connectivity index is 1.67. The zero-order chi connectivity index (χ0) is 18.0. The molecule has 0 atom stereocenters. The first-order chi connectivity index (χ1) is 11.9. The molecular weight excluding hydrogens is 323 g/mol. The molecule has 0 N–H and O–H groups in total. The minimum absolute atomic E-state index is 0.0273. The zero-order valence-electron chi connectivity index (χ0n) is 14.2. The SMILES string of the molecule is CC1CCN(C(=O)CN2C(=O)C/C(=C/c3ccc(F)cc3)C2=O)CC1. The summed E-state index contributed by atoms with van der Waals surface area (Å²) in [4.78, 5) is 39.7. The molecule has 0 aromatic heterocycles. The van der Waals surface area contributed by atoms with E-state index >= 15 is 0 Å². The van der Waals surface area contributed by atoms with E-state index in [1.54, 1.807) is 23.1 Å². The lowest BCUT2D eigenvalue weighted by Gasteiger charge is -2.31. The number of imide groups is 1. The van der Waals surface area contributed by atoms with Gasteiger partial charge in [0.15, 0.2) is 0 Å². The lowest BCUT2D eigenvalue weighted by atomic mass is 9.99. The van der Waals surface area contributed by atoms with Crippen molar-refractivity contribution in [2.75, 3.05) is 19.6 Å². The van der Waals surface area contributed by atoms with Crippen LogP contribution >= 0.6 is 0 Å². The van der Waals surface area contributed by atoms with Gasteiger partial charge in [0, 0.05) is 18.7 Å². The molecule has 0 saturated carbocycles. The molecule has 2 aliphatic rings. The van der Waals surface area contributed by atoms with E-state index < -0.39 is 5.91 Å². The van der Waals surface area contributed by atoms with Crippen molar-refractivity contribution in [2.45, 2.75) is 26.2 Å². The van der Waals surface area contributed by atoms with Crippen LogP contribution in [0.5, 0.6) is 0 Å². The maximum Gasteiger partial charge on any atom is 0.257 e. The molecule has 1 aromatic rings. The van der Waals surface area contributed by atoms with Crippen LogP contribution in [0, 0.1) is 11.7 Å². The van der Waals surface area contributed by atoms with Crippen LogP contribution in [0.25, 0.3) is 6.08 Å². The predicted octanol–water partition coefficient (Wildman–Crippen LogP) is 2.23. The van der Waals surface area contributed by atoms with Gasteiger partial charge in [0.25, 0.3) is 5.91 Å². The second-order valence-corrected chi connectivity index (χ2v) is 6.75. The van der Waals surface area contributed by atoms with Gasteiger partial charge in [-0.05, 0) is 42.5 Å². The largest absolute Gasteiger partial charge is 0.341 e. The Morgan fingerprint density at radius 3 is 2.48 bits per heavy atom. The molecule has 2 heterocycles. The monoisotopic (exact) mass is 344 g/mol. The molecule has 25 heavy (non-hydrogen) atoms. The van der Waals surface area contributed by atoms with Crippen LogP contribution in [0.4, 0.5) is 4.39 Å². The fourth-order valence-electron chi connectivity index (χ4n) is 3.15. The molecule has 6 heteroatoms. The molecule has 132 valence electrons. The molecule has 0 unspecified atom stereocenters. The second kappa shape index (κ2) is 7.17. The summed E-state index contributed by atoms with van der Waals surface area (Å²) in [6.45, 7) is 3.30. The van der Waals surface area contributed by atoms with Gasteiger partial charge in [-0.2, -0.15) is 0 Å². The van der Waals surface area contributed by atoms with Gasteiger partial charge >= 0.3 is 0 Å². The third-order valence-corrected chi connectivity index (χ3v) is 4.80. The first-order valence-electron chi connectivity index (χ1n) is 8.52. The van der Waals surface area contributed by atoms with Crippen LogP contribution < -0.4 is 0 Å². The molecule has 0 spiro atoms. The molecule has 2 aliphatic heterocycles. The predicted molar refractivity (Wildman–Crippen MR) is 90.7 cm³/mol. The highest BCUT2D eigenvalue weighted by Gasteiger charge is 2.36. The average molecular weight is 344 g/mol. The van der Waals surface area contributed by atoms with Gasteiger partial charge in [0.05, 0.1) is 6.42 Å². The number of amides is 3. The van der Waals surface area contributed by atoms with Crippen LogP contribution in [-0.2, 0) is 14.4 Å². The highest BCUT2D eigenvalue weighted by Crippen LogP contribution is 2.22. The quantitative estimate of drug-likeness (QED) is 0.624. The minimum Gasteiger partial charge on any atom is -0.341 e. The van der Waals surface area contributed by atoms with E-state index in [1.807, 2.05) is 0 Å². The zero-order valence-corrected chi connectivity index (χ0v) is 14.2. The smallest absolute Gasteiger partial charge is 0.257 e. The Morgan fingerprint density at radius 1 is 1.20 bits per heavy atom. The van der Waals surface area contributed by atoms with Gasteiger partial charge in [0.1, 0.15) is 12.4 Å². The summed E-state index contributed by atoms with van der Waals surface area (Å²) in [6.07, 6.45) is 3.44. The van der Waals surface area contributed by atoms with Crippen LogP contribution in [0.1, 0.15) is 31.7 Å². The molecule has 0 aliphatic carbocycles. The Labute approximate surface area is 146 Å². The molecule has 3 rings (SSSR count). The number of carbonyl (C=O) groups is 3. The first-order valence-corrected chi connectivity index (χ1v) is 8.52. The molecule has 3 amide bonds. The van der Waals surface area contributed by atoms with E-state index in [-0.39, 0.29) is 30.6 Å². The number of piperidine rings is 1. The van der Waals surface area contributed by atoms with Gasteiger partial charge < -0.3 is 4.90 Å². The number of hydrogen-bond donors (Lipinski definition) is 0. The van der Waals surface area contributed by atoms with E-state index in [0.29, 0.717) is 30.1 Å². The summed E-state index contributed by atoms with van der Waals surface area (Å²) in [5.74, 6) is -0.745. The summed E-state index contributed by atoms with van der Waals surface area (Å²) in [6, 6.07) is 5.68. The van der Waals surface area contributed by atoms with E-state index in [0.717, 1.165) is 17.7 Å². The fraction of sp³-hybridized carbons (Fsp3) is 0.421. The molecule has 0 bridgehead atoms. The third kappa shape index (κ3) is 3.95. The van der Waals surface area contributed by atoms with E-state index in [1.165, 1.54) is 12.1 Å². The Morgan fingerprint density at radius 2 is 1.84 bits per heavy atom. The molecule has 0 radical (unpaired) electrons. The van der Waals surface area contributed by atoms with Crippen molar-refractivity contribution in [3.05, 3.63) is 41.2 Å². The number of rotatable bonds is 3. The summed E-state index contributed by atoms with van der Waals surface area (Å²) >= 11 is 0. The molecule has 1 aromatic carbocycles. The minimum atomic E-state index is -0.437. The molecule has 5 nitrogen and oxygen atoms in total. The van der Waals surface area contributed by atoms with Crippen molar-refractivity contribution < 1.29 is 18.8 Å². The van der Waals surface area contributed by atoms with Crippen molar-refractivity contribution >= 4 is 23.8 Å². The Bertz CT molecular complexity index is 719. The van der Waals surface area contributed by atoms with Gasteiger partial charge in [-0.15, -0.1) is 0 Å². The molecule has 2 fully saturated rings. The number of likely N-dealkylation sites (tertiary alicyclic amines) is 2. The summed E-state index contributed by atoms with van der Waals surface area (Å²) in [7, 11) is 0. The Kier molecular flexibility index (Phi) is 4.97. The molecule has 2 saturated heterocycles. The maximum atomic E-state index is 13.0. The second-order valence-electron chi connectivity index (χ2n) is 6.75. The lowest BCUT2D eigenvalue weighted by molar-refractivity contribution is -0.145. The first kappa shape index (κ1) is 17.3. The lowest BCUT2D eigenvalue weighted by Crippen LogP contribution is -2.45. The number of carbonyl (C=O) groups excluding carboxylic acids is 3. The molecular formula is C19H21FN2O3. The summed E-state index contributed by atoms with van der Waals surface area (Å²) in [5.41, 5.74) is 0.979. The highest BCUT2D eigenvalue weighted by atomic mass is 19.1. The number of hydrogen-bond acceptors (Lipinski definition) is 3. The van der Waals surface area contributed by atoms with Gasteiger partial charge in [-0.3, -0.25) is 19.3 Å². The highest BCUT2D eigenvalue weighted by molar-refractivity contribution is 6.16. The maximum absolute atomic E-state index is 13.0. The van der Waals surface area contributed by atoms with Crippen LogP contribution in [0.3, 0.4) is 0 Å². The number of benzene rings is 1. The van der Waals surface area contributed by atoms with Crippen molar-refractivity contribution in [3.63, 3.8) is 0 Å². The standard InChI is InChI=1S/C19H21FN2O3/c1-13-6-8-21(9-7-13)18(24)12-22-17(23)11-15(19(22)25)10-14-2-4-16(20)5-3-14/h2-5,10,13H,6-9,11-12H2,1H3/b15-10-. The van der Waals surface area contributed by atoms with Crippen molar-refractivity contribution in [1.29, 1.82) is 0 Å². The van der Waals surface area contributed by atoms with Gasteiger partial charge in [0.2, 0.25) is 11.8 Å². The van der Waals surface area contributed by atoms with Crippen molar-refractivity contribution in [2.24, 2.45) is 5.92 Å². The van der Waals surface area contributed by atoms with E-state index in [9.17, 15) is 18.8 Å². The van der Waals surface area contributed by atoms with Crippen LogP contribution in [-0.4, -0.2) is 47.2 Å². The normalized spacial score (nSPS) is 20.6. The summed E-state index contributed by atoms with van der Waals surface area (Å²) in [5, 5.41) is 0. The third-order valence-electron chi connectivity index (χ3n) is 4.80. The Hall–Kier alpha value is -2.50.